The number of phenols is 1. The summed E-state index contributed by atoms with van der Waals surface area (Å²) in [5.41, 5.74) is 0.692. The van der Waals surface area contributed by atoms with Crippen molar-refractivity contribution in [2.24, 2.45) is 0 Å². The van der Waals surface area contributed by atoms with E-state index in [9.17, 15) is 20.1 Å². The first-order valence-electron chi connectivity index (χ1n) is 7.11. The Bertz CT molecular complexity index is 1120. The van der Waals surface area contributed by atoms with Crippen molar-refractivity contribution in [1.82, 2.24) is 4.57 Å². The lowest BCUT2D eigenvalue weighted by Crippen LogP contribution is -2.08. The van der Waals surface area contributed by atoms with Crippen LogP contribution in [0.1, 0.15) is 0 Å². The van der Waals surface area contributed by atoms with E-state index >= 15 is 0 Å². The zero-order chi connectivity index (χ0) is 16.1. The normalized spacial score (nSPS) is 11.7. The van der Waals surface area contributed by atoms with E-state index < -0.39 is 0 Å². The molecule has 2 aromatic carbocycles. The van der Waals surface area contributed by atoms with Crippen LogP contribution < -0.4 is 5.43 Å². The van der Waals surface area contributed by atoms with Crippen LogP contribution in [-0.2, 0) is 6.54 Å². The number of nitrogens with zero attached hydrogens (tertiary/aromatic N) is 1. The molecule has 2 aromatic heterocycles. The lowest BCUT2D eigenvalue weighted by molar-refractivity contribution is 0.267. The zero-order valence-electron chi connectivity index (χ0n) is 12.0. The van der Waals surface area contributed by atoms with Crippen LogP contribution in [0, 0.1) is 0 Å². The van der Waals surface area contributed by atoms with Crippen molar-refractivity contribution in [2.45, 2.75) is 6.54 Å². The molecule has 6 heteroatoms. The number of fused-ring (bicyclic) bond motifs is 2. The summed E-state index contributed by atoms with van der Waals surface area (Å²) >= 11 is 0. The molecule has 0 saturated heterocycles. The summed E-state index contributed by atoms with van der Waals surface area (Å²) < 4.78 is 7.21. The zero-order valence-corrected chi connectivity index (χ0v) is 12.0. The minimum atomic E-state index is -0.331. The fourth-order valence-electron chi connectivity index (χ4n) is 2.98. The number of aromatic nitrogens is 1. The number of aliphatic hydroxyl groups excluding tert-OH is 1. The average molecular weight is 311 g/mol. The first-order valence-corrected chi connectivity index (χ1v) is 7.11. The van der Waals surface area contributed by atoms with Gasteiger partial charge in [-0.15, -0.1) is 0 Å². The Balaban J connectivity index is 2.34. The van der Waals surface area contributed by atoms with Crippen LogP contribution in [0.2, 0.25) is 0 Å². The summed E-state index contributed by atoms with van der Waals surface area (Å²) in [6, 6.07) is 7.62. The van der Waals surface area contributed by atoms with Crippen molar-refractivity contribution in [2.75, 3.05) is 6.61 Å². The van der Waals surface area contributed by atoms with E-state index in [2.05, 4.69) is 0 Å². The molecule has 0 atom stereocenters. The summed E-state index contributed by atoms with van der Waals surface area (Å²) in [5, 5.41) is 31.3. The van der Waals surface area contributed by atoms with E-state index in [4.69, 9.17) is 4.42 Å². The number of hydrogen-bond donors (Lipinski definition) is 3. The van der Waals surface area contributed by atoms with Gasteiger partial charge in [0, 0.05) is 28.9 Å². The van der Waals surface area contributed by atoms with Gasteiger partial charge in [0.25, 0.3) is 0 Å². The molecular weight excluding hydrogens is 298 g/mol. The molecule has 0 spiro atoms. The Hall–Kier alpha value is -2.99. The topological polar surface area (TPSA) is 95.8 Å². The molecule has 4 rings (SSSR count). The van der Waals surface area contributed by atoms with Crippen molar-refractivity contribution in [1.29, 1.82) is 0 Å². The molecule has 0 unspecified atom stereocenters. The summed E-state index contributed by atoms with van der Waals surface area (Å²) in [6.45, 7) is -0.0338. The van der Waals surface area contributed by atoms with Crippen LogP contribution in [-0.4, -0.2) is 26.5 Å². The van der Waals surface area contributed by atoms with Gasteiger partial charge in [0.2, 0.25) is 5.88 Å². The van der Waals surface area contributed by atoms with Crippen LogP contribution in [0.25, 0.3) is 32.7 Å². The second-order valence-corrected chi connectivity index (χ2v) is 5.38. The second-order valence-electron chi connectivity index (χ2n) is 5.38. The minimum Gasteiger partial charge on any atom is -0.508 e. The highest BCUT2D eigenvalue weighted by molar-refractivity contribution is 6.18. The van der Waals surface area contributed by atoms with Gasteiger partial charge < -0.3 is 24.3 Å². The number of benzene rings is 2. The quantitative estimate of drug-likeness (QED) is 0.390. The van der Waals surface area contributed by atoms with Gasteiger partial charge in [-0.3, -0.25) is 4.79 Å². The number of hydrogen-bond acceptors (Lipinski definition) is 5. The van der Waals surface area contributed by atoms with Gasteiger partial charge >= 0.3 is 0 Å². The van der Waals surface area contributed by atoms with E-state index in [-0.39, 0.29) is 35.6 Å². The van der Waals surface area contributed by atoms with Crippen LogP contribution in [0.4, 0.5) is 0 Å². The van der Waals surface area contributed by atoms with E-state index in [1.54, 1.807) is 24.4 Å². The molecule has 4 aromatic rings. The Morgan fingerprint density at radius 2 is 1.78 bits per heavy atom. The lowest BCUT2D eigenvalue weighted by atomic mass is 10.0. The predicted octanol–water partition coefficient (Wildman–Crippen LogP) is 2.30. The van der Waals surface area contributed by atoms with E-state index in [1.807, 2.05) is 0 Å². The van der Waals surface area contributed by atoms with Crippen LogP contribution in [0.3, 0.4) is 0 Å². The molecule has 0 radical (unpaired) electrons. The summed E-state index contributed by atoms with van der Waals surface area (Å²) in [5.74, 6) is -0.138. The van der Waals surface area contributed by atoms with E-state index in [0.29, 0.717) is 27.3 Å². The van der Waals surface area contributed by atoms with E-state index in [0.717, 1.165) is 0 Å². The maximum atomic E-state index is 12.2. The third-order valence-corrected chi connectivity index (χ3v) is 3.99. The third-order valence-electron chi connectivity index (χ3n) is 3.99. The first kappa shape index (κ1) is 13.7. The minimum absolute atomic E-state index is 0.0732. The Kier molecular flexibility index (Phi) is 2.82. The highest BCUT2D eigenvalue weighted by atomic mass is 16.3. The van der Waals surface area contributed by atoms with Crippen LogP contribution >= 0.6 is 0 Å². The van der Waals surface area contributed by atoms with Gasteiger partial charge in [0.15, 0.2) is 5.43 Å². The van der Waals surface area contributed by atoms with Crippen molar-refractivity contribution >= 4 is 32.7 Å². The molecule has 0 aliphatic rings. The molecule has 0 aliphatic heterocycles. The molecule has 23 heavy (non-hydrogen) atoms. The fraction of sp³-hybridized carbons (Fsp3) is 0.118. The highest BCUT2D eigenvalue weighted by Crippen LogP contribution is 2.36. The van der Waals surface area contributed by atoms with Gasteiger partial charge in [-0.1, -0.05) is 0 Å². The SMILES string of the molecule is O=c1ccc2oc3ccc(O)cc3c3cn(CCO)c(O)c1c23. The monoisotopic (exact) mass is 311 g/mol. The summed E-state index contributed by atoms with van der Waals surface area (Å²) in [7, 11) is 0. The van der Waals surface area contributed by atoms with Gasteiger partial charge in [-0.25, -0.2) is 0 Å². The van der Waals surface area contributed by atoms with E-state index in [1.165, 1.54) is 16.7 Å². The number of rotatable bonds is 2. The second kappa shape index (κ2) is 4.76. The third kappa shape index (κ3) is 1.89. The van der Waals surface area contributed by atoms with Crippen LogP contribution in [0.15, 0.2) is 45.7 Å². The highest BCUT2D eigenvalue weighted by Gasteiger charge is 2.17. The summed E-state index contributed by atoms with van der Waals surface area (Å²) in [6.07, 6.45) is 1.65. The number of aliphatic hydroxyl groups is 1. The van der Waals surface area contributed by atoms with Gasteiger partial charge in [-0.2, -0.15) is 0 Å². The Labute approximate surface area is 129 Å². The Morgan fingerprint density at radius 1 is 1.00 bits per heavy atom. The van der Waals surface area contributed by atoms with Gasteiger partial charge in [0.05, 0.1) is 12.0 Å². The van der Waals surface area contributed by atoms with Crippen LogP contribution in [0.5, 0.6) is 11.6 Å². The van der Waals surface area contributed by atoms with Crippen molar-refractivity contribution in [3.63, 3.8) is 0 Å². The van der Waals surface area contributed by atoms with Gasteiger partial charge in [-0.05, 0) is 30.3 Å². The predicted molar refractivity (Wildman–Crippen MR) is 85.9 cm³/mol. The van der Waals surface area contributed by atoms with Crippen molar-refractivity contribution in [3.8, 4) is 11.6 Å². The number of aromatic hydroxyl groups is 2. The fourth-order valence-corrected chi connectivity index (χ4v) is 2.98. The molecule has 6 nitrogen and oxygen atoms in total. The molecule has 3 N–H and O–H groups in total. The molecule has 2 heterocycles. The molecule has 0 fully saturated rings. The molecule has 0 saturated carbocycles. The molecule has 0 aliphatic carbocycles. The number of phenolic OH excluding ortho intramolecular Hbond substituents is 1. The average Bonchev–Trinajstić information content (AvgIpc) is 2.53. The Morgan fingerprint density at radius 3 is 2.57 bits per heavy atom. The molecule has 116 valence electrons. The van der Waals surface area contributed by atoms with Gasteiger partial charge in [0.1, 0.15) is 16.9 Å². The lowest BCUT2D eigenvalue weighted by Gasteiger charge is -2.15. The standard InChI is InChI=1S/C17H13NO5/c19-6-5-18-8-11-10-7-9(20)1-3-13(10)23-14-4-2-12(21)16(15(11)14)17(18)22/h1-4,7-8,19-20,22H,5-6H2. The van der Waals surface area contributed by atoms with Crippen molar-refractivity contribution in [3.05, 3.63) is 46.8 Å². The summed E-state index contributed by atoms with van der Waals surface area (Å²) in [4.78, 5) is 12.2. The molecule has 0 bridgehead atoms. The maximum absolute atomic E-state index is 12.2. The largest absolute Gasteiger partial charge is 0.508 e. The van der Waals surface area contributed by atoms with Crippen molar-refractivity contribution < 1.29 is 19.7 Å². The molecular formula is C17H13NO5. The molecule has 0 amide bonds. The number of pyridine rings is 1. The smallest absolute Gasteiger partial charge is 0.203 e. The first-order chi connectivity index (χ1) is 11.1. The maximum Gasteiger partial charge on any atom is 0.203 e.